The largest absolute Gasteiger partial charge is 0.238 e. The van der Waals surface area contributed by atoms with E-state index in [-0.39, 0.29) is 0 Å². The number of quaternary nitrogens is 1. The van der Waals surface area contributed by atoms with Crippen LogP contribution in [-0.2, 0) is 0 Å². The molecule has 7 aromatic rings. The summed E-state index contributed by atoms with van der Waals surface area (Å²) < 4.78 is 0. The van der Waals surface area contributed by atoms with Crippen LogP contribution in [0, 0.1) is 69.2 Å². The summed E-state index contributed by atoms with van der Waals surface area (Å²) in [7, 11) is 0. The molecule has 1 N–H and O–H groups in total. The van der Waals surface area contributed by atoms with Gasteiger partial charge in [-0.1, -0.05) is 138 Å². The molecule has 1 nitrogen and oxygen atoms in total. The van der Waals surface area contributed by atoms with E-state index >= 15 is 0 Å². The van der Waals surface area contributed by atoms with Crippen molar-refractivity contribution in [2.45, 2.75) is 69.2 Å². The lowest BCUT2D eigenvalue weighted by Gasteiger charge is -2.44. The normalized spacial score (nSPS) is 11.3. The Hall–Kier alpha value is -5.44. The third-order valence-corrected chi connectivity index (χ3v) is 10.8. The molecule has 0 amide bonds. The van der Waals surface area contributed by atoms with Crippen LogP contribution >= 0.6 is 0 Å². The molecule has 2 heteroatoms. The van der Waals surface area contributed by atoms with Gasteiger partial charge in [0.05, 0.1) is 0 Å². The lowest BCUT2D eigenvalue weighted by molar-refractivity contribution is -0.681. The molecular weight excluding hydrogens is 649 g/mol. The fourth-order valence-electron chi connectivity index (χ4n) is 8.43. The highest BCUT2D eigenvalue weighted by molar-refractivity contribution is 7.19. The molecular formula is C52H56BN. The molecule has 0 aromatic heterocycles. The van der Waals surface area contributed by atoms with E-state index in [1.165, 1.54) is 99.4 Å². The molecule has 0 radical (unpaired) electrons. The molecule has 0 unspecified atom stereocenters. The summed E-state index contributed by atoms with van der Waals surface area (Å²) in [6.45, 7) is 21.7. The monoisotopic (exact) mass is 705 g/mol. The summed E-state index contributed by atoms with van der Waals surface area (Å²) in [5.74, 6) is 0. The highest BCUT2D eigenvalue weighted by atomic mass is 15.1. The Labute approximate surface area is 325 Å². The van der Waals surface area contributed by atoms with E-state index in [2.05, 4.69) is 221 Å². The first kappa shape index (κ1) is 38.3. The van der Waals surface area contributed by atoms with E-state index in [1.54, 1.807) is 0 Å². The fourth-order valence-corrected chi connectivity index (χ4v) is 8.43. The van der Waals surface area contributed by atoms with Gasteiger partial charge < -0.3 is 0 Å². The third-order valence-electron chi connectivity index (χ3n) is 10.8. The third kappa shape index (κ3) is 8.51. The molecule has 7 rings (SSSR count). The highest BCUT2D eigenvalue weighted by Gasteiger charge is 2.31. The first-order valence-electron chi connectivity index (χ1n) is 19.4. The average Bonchev–Trinajstić information content (AvgIpc) is 3.11. The number of hydrogen-bond donors (Lipinski definition) is 1. The predicted molar refractivity (Wildman–Crippen MR) is 237 cm³/mol. The molecule has 0 atom stereocenters. The summed E-state index contributed by atoms with van der Waals surface area (Å²) in [5.41, 5.74) is 22.3. The Morgan fingerprint density at radius 1 is 0.241 bits per heavy atom. The summed E-state index contributed by atoms with van der Waals surface area (Å²) in [6, 6.07) is 57.0. The topological polar surface area (TPSA) is 4.44 Å². The van der Waals surface area contributed by atoms with Crippen molar-refractivity contribution in [2.75, 3.05) is 0 Å². The molecule has 0 saturated carbocycles. The number of rotatable bonds is 7. The first-order chi connectivity index (χ1) is 25.8. The maximum Gasteiger partial charge on any atom is 0.141 e. The zero-order valence-corrected chi connectivity index (χ0v) is 34.0. The zero-order valence-electron chi connectivity index (χ0n) is 34.0. The van der Waals surface area contributed by atoms with Gasteiger partial charge in [0.2, 0.25) is 0 Å². The van der Waals surface area contributed by atoms with Crippen LogP contribution in [0.15, 0.2) is 152 Å². The Morgan fingerprint density at radius 3 is 0.611 bits per heavy atom. The van der Waals surface area contributed by atoms with Crippen molar-refractivity contribution in [1.82, 2.24) is 0 Å². The molecule has 0 aliphatic carbocycles. The van der Waals surface area contributed by atoms with Gasteiger partial charge in [-0.25, -0.2) is 4.90 Å². The van der Waals surface area contributed by atoms with Crippen LogP contribution in [-0.4, -0.2) is 6.15 Å². The van der Waals surface area contributed by atoms with E-state index < -0.39 is 6.15 Å². The quantitative estimate of drug-likeness (QED) is 0.158. The molecule has 0 saturated heterocycles. The second kappa shape index (κ2) is 16.3. The summed E-state index contributed by atoms with van der Waals surface area (Å²) >= 11 is 0. The number of hydrogen-bond acceptors (Lipinski definition) is 0. The smallest absolute Gasteiger partial charge is 0.141 e. The van der Waals surface area contributed by atoms with Crippen LogP contribution in [0.1, 0.15) is 55.6 Å². The minimum absolute atomic E-state index is 1.27. The summed E-state index contributed by atoms with van der Waals surface area (Å²) in [4.78, 5) is 1.32. The lowest BCUT2D eigenvalue weighted by Crippen LogP contribution is -2.96. The molecule has 0 heterocycles. The Balaban J connectivity index is 0.000000186. The van der Waals surface area contributed by atoms with Crippen molar-refractivity contribution in [2.24, 2.45) is 0 Å². The van der Waals surface area contributed by atoms with E-state index in [1.807, 2.05) is 0 Å². The van der Waals surface area contributed by atoms with Gasteiger partial charge in [0.1, 0.15) is 23.2 Å². The van der Waals surface area contributed by atoms with Gasteiger partial charge in [0.25, 0.3) is 0 Å². The first-order valence-corrected chi connectivity index (χ1v) is 19.4. The van der Waals surface area contributed by atoms with Crippen LogP contribution < -0.4 is 26.8 Å². The number of aryl methyl sites for hydroxylation is 10. The van der Waals surface area contributed by atoms with Crippen LogP contribution in [0.25, 0.3) is 0 Å². The van der Waals surface area contributed by atoms with Crippen LogP contribution in [0.5, 0.6) is 0 Å². The van der Waals surface area contributed by atoms with Crippen molar-refractivity contribution in [3.8, 4) is 0 Å². The van der Waals surface area contributed by atoms with Gasteiger partial charge in [-0.05, 0) is 103 Å². The minimum atomic E-state index is -1.27. The van der Waals surface area contributed by atoms with Gasteiger partial charge >= 0.3 is 0 Å². The van der Waals surface area contributed by atoms with E-state index in [9.17, 15) is 0 Å². The summed E-state index contributed by atoms with van der Waals surface area (Å²) in [6.07, 6.45) is -1.27. The molecule has 272 valence electrons. The standard InChI is InChI=1S/C28H28B.C24H27N/c1-21-5-13-25(14-6-21)29(26-15-7-22(2)8-16-26,27-17-9-23(3)10-18-27)28-19-11-24(4)12-20-28;1-16-7-17(2)11-22(10-16)25(23-12-18(3)8-19(4)13-23)24-14-20(5)9-21(6)15-24/h5-20H,1-4H3;7-15H,1-6H3/q-1;/p+1. The van der Waals surface area contributed by atoms with Crippen molar-refractivity contribution in [1.29, 1.82) is 0 Å². The molecule has 0 bridgehead atoms. The number of benzene rings is 7. The van der Waals surface area contributed by atoms with Crippen molar-refractivity contribution >= 4 is 45.1 Å². The minimum Gasteiger partial charge on any atom is -0.238 e. The Morgan fingerprint density at radius 2 is 0.426 bits per heavy atom. The van der Waals surface area contributed by atoms with Gasteiger partial charge in [-0.2, -0.15) is 21.9 Å². The Bertz CT molecular complexity index is 1980. The predicted octanol–water partition coefficient (Wildman–Crippen LogP) is 10.0. The van der Waals surface area contributed by atoms with Crippen LogP contribution in [0.4, 0.5) is 17.1 Å². The number of nitrogens with one attached hydrogen (secondary N) is 1. The maximum atomic E-state index is 2.31. The van der Waals surface area contributed by atoms with Gasteiger partial charge in [0.15, 0.2) is 0 Å². The van der Waals surface area contributed by atoms with Crippen LogP contribution in [0.3, 0.4) is 0 Å². The van der Waals surface area contributed by atoms with E-state index in [4.69, 9.17) is 0 Å². The van der Waals surface area contributed by atoms with Gasteiger partial charge in [0, 0.05) is 36.4 Å². The molecule has 54 heavy (non-hydrogen) atoms. The summed E-state index contributed by atoms with van der Waals surface area (Å²) in [5, 5.41) is 0. The van der Waals surface area contributed by atoms with Gasteiger partial charge in [-0.15, -0.1) is 0 Å². The van der Waals surface area contributed by atoms with Crippen molar-refractivity contribution < 1.29 is 4.90 Å². The van der Waals surface area contributed by atoms with E-state index in [0.717, 1.165) is 0 Å². The molecule has 0 aliphatic rings. The SMILES string of the molecule is Cc1cc(C)cc([NH+](c2cc(C)cc(C)c2)c2cc(C)cc(C)c2)c1.Cc1ccc([B-](c2ccc(C)cc2)(c2ccc(C)cc2)c2ccc(C)cc2)cc1. The molecule has 0 aliphatic heterocycles. The maximum absolute atomic E-state index is 2.31. The van der Waals surface area contributed by atoms with Gasteiger partial charge in [-0.3, -0.25) is 0 Å². The average molecular weight is 706 g/mol. The molecule has 0 spiro atoms. The second-order valence-electron chi connectivity index (χ2n) is 16.0. The van der Waals surface area contributed by atoms with Crippen LogP contribution in [0.2, 0.25) is 0 Å². The fraction of sp³-hybridized carbons (Fsp3) is 0.192. The highest BCUT2D eigenvalue weighted by Crippen LogP contribution is 2.22. The van der Waals surface area contributed by atoms with Crippen molar-refractivity contribution in [3.63, 3.8) is 0 Å². The van der Waals surface area contributed by atoms with E-state index in [0.29, 0.717) is 0 Å². The van der Waals surface area contributed by atoms with Crippen molar-refractivity contribution in [3.05, 3.63) is 207 Å². The molecule has 0 fully saturated rings. The Kier molecular flexibility index (Phi) is 11.6. The lowest BCUT2D eigenvalue weighted by atomic mass is 9.13. The second-order valence-corrected chi connectivity index (χ2v) is 16.0. The zero-order chi connectivity index (χ0) is 38.6. The molecule has 7 aromatic carbocycles.